The number of carboxylic acids is 1. The monoisotopic (exact) mass is 341 g/mol. The van der Waals surface area contributed by atoms with Crippen LogP contribution in [0, 0.1) is 0 Å². The second-order valence-electron chi connectivity index (χ2n) is 6.39. The van der Waals surface area contributed by atoms with E-state index in [0.717, 1.165) is 29.5 Å². The van der Waals surface area contributed by atoms with Crippen molar-refractivity contribution in [3.63, 3.8) is 0 Å². The van der Waals surface area contributed by atoms with Crippen LogP contribution < -0.4 is 10.5 Å². The third-order valence-corrected chi connectivity index (χ3v) is 4.33. The summed E-state index contributed by atoms with van der Waals surface area (Å²) in [7, 11) is 0. The Labute approximate surface area is 149 Å². The first kappa shape index (κ1) is 18.8. The van der Waals surface area contributed by atoms with Gasteiger partial charge in [-0.15, -0.1) is 0 Å². The molecular weight excluding hydrogens is 314 g/mol. The van der Waals surface area contributed by atoms with Crippen LogP contribution in [0.1, 0.15) is 51.0 Å². The number of aliphatic carboxylic acids is 1. The average Bonchev–Trinajstić information content (AvgIpc) is 2.61. The van der Waals surface area contributed by atoms with E-state index in [1.54, 1.807) is 0 Å². The van der Waals surface area contributed by atoms with Gasteiger partial charge in [0.05, 0.1) is 12.3 Å². The van der Waals surface area contributed by atoms with Crippen molar-refractivity contribution in [3.05, 3.63) is 48.0 Å². The zero-order chi connectivity index (χ0) is 18.2. The fourth-order valence-corrected chi connectivity index (χ4v) is 2.78. The lowest BCUT2D eigenvalue weighted by Crippen LogP contribution is -2.05. The number of carboxylic acid groups (broad SMARTS) is 1. The number of nitrogens with two attached hydrogens (primary N) is 1. The lowest BCUT2D eigenvalue weighted by Gasteiger charge is -2.19. The van der Waals surface area contributed by atoms with E-state index in [9.17, 15) is 4.79 Å². The van der Waals surface area contributed by atoms with E-state index in [4.69, 9.17) is 15.6 Å². The molecule has 2 rings (SSSR count). The summed E-state index contributed by atoms with van der Waals surface area (Å²) in [6, 6.07) is 14.0. The number of carbonyl (C=O) groups is 1. The lowest BCUT2D eigenvalue weighted by molar-refractivity contribution is -0.137. The van der Waals surface area contributed by atoms with E-state index < -0.39 is 5.97 Å². The number of anilines is 1. The molecular formula is C21H27NO3. The van der Waals surface area contributed by atoms with E-state index in [1.807, 2.05) is 43.3 Å². The van der Waals surface area contributed by atoms with Gasteiger partial charge in [0.1, 0.15) is 5.75 Å². The molecule has 0 saturated heterocycles. The van der Waals surface area contributed by atoms with Gasteiger partial charge in [0.25, 0.3) is 0 Å². The van der Waals surface area contributed by atoms with E-state index in [1.165, 1.54) is 0 Å². The molecule has 0 aliphatic carbocycles. The number of nitrogen functional groups attached to an aromatic ring is 1. The van der Waals surface area contributed by atoms with Crippen LogP contribution in [0.15, 0.2) is 42.5 Å². The summed E-state index contributed by atoms with van der Waals surface area (Å²) >= 11 is 0. The van der Waals surface area contributed by atoms with Crippen molar-refractivity contribution in [2.45, 2.75) is 45.4 Å². The molecule has 134 valence electrons. The largest absolute Gasteiger partial charge is 0.491 e. The smallest absolute Gasteiger partial charge is 0.303 e. The van der Waals surface area contributed by atoms with Crippen LogP contribution in [-0.2, 0) is 4.79 Å². The van der Waals surface area contributed by atoms with Gasteiger partial charge < -0.3 is 15.6 Å². The molecule has 0 bridgehead atoms. The van der Waals surface area contributed by atoms with Crippen LogP contribution in [-0.4, -0.2) is 17.7 Å². The fraction of sp³-hybridized carbons (Fsp3) is 0.381. The van der Waals surface area contributed by atoms with Crippen molar-refractivity contribution >= 4 is 11.7 Å². The molecule has 0 aromatic heterocycles. The molecule has 1 unspecified atom stereocenters. The number of hydrogen-bond acceptors (Lipinski definition) is 3. The number of ether oxygens (including phenoxy) is 1. The number of unbranched alkanes of at least 4 members (excludes halogenated alkanes) is 1. The Balaban J connectivity index is 2.38. The summed E-state index contributed by atoms with van der Waals surface area (Å²) in [4.78, 5) is 10.8. The summed E-state index contributed by atoms with van der Waals surface area (Å²) in [5, 5.41) is 8.92. The maximum Gasteiger partial charge on any atom is 0.303 e. The van der Waals surface area contributed by atoms with E-state index in [-0.39, 0.29) is 12.3 Å². The molecule has 0 radical (unpaired) electrons. The summed E-state index contributed by atoms with van der Waals surface area (Å²) < 4.78 is 5.98. The molecule has 4 nitrogen and oxygen atoms in total. The maximum atomic E-state index is 10.8. The molecule has 2 aromatic carbocycles. The Hall–Kier alpha value is -2.49. The second kappa shape index (κ2) is 9.11. The van der Waals surface area contributed by atoms with Gasteiger partial charge in [-0.3, -0.25) is 4.79 Å². The van der Waals surface area contributed by atoms with Crippen LogP contribution in [0.4, 0.5) is 5.69 Å². The molecule has 3 N–H and O–H groups in total. The second-order valence-corrected chi connectivity index (χ2v) is 6.39. The highest BCUT2D eigenvalue weighted by Gasteiger charge is 2.16. The Morgan fingerprint density at radius 2 is 1.96 bits per heavy atom. The van der Waals surface area contributed by atoms with Gasteiger partial charge in [-0.1, -0.05) is 50.6 Å². The highest BCUT2D eigenvalue weighted by atomic mass is 16.5. The van der Waals surface area contributed by atoms with Crippen molar-refractivity contribution < 1.29 is 14.6 Å². The molecule has 0 fully saturated rings. The Kier molecular flexibility index (Phi) is 6.87. The molecule has 0 aliphatic heterocycles. The minimum absolute atomic E-state index is 0.116. The van der Waals surface area contributed by atoms with Gasteiger partial charge in [-0.2, -0.15) is 0 Å². The minimum atomic E-state index is -0.775. The first-order valence-corrected chi connectivity index (χ1v) is 8.86. The summed E-state index contributed by atoms with van der Waals surface area (Å²) in [6.07, 6.45) is 2.77. The first-order chi connectivity index (χ1) is 12.0. The summed E-state index contributed by atoms with van der Waals surface area (Å²) in [5.41, 5.74) is 9.96. The topological polar surface area (TPSA) is 72.5 Å². The Morgan fingerprint density at radius 3 is 2.60 bits per heavy atom. The van der Waals surface area contributed by atoms with Gasteiger partial charge in [0, 0.05) is 12.0 Å². The molecule has 1 atom stereocenters. The quantitative estimate of drug-likeness (QED) is 0.492. The molecule has 0 saturated carbocycles. The third-order valence-electron chi connectivity index (χ3n) is 4.33. The number of rotatable bonds is 9. The highest BCUT2D eigenvalue weighted by molar-refractivity contribution is 5.78. The van der Waals surface area contributed by atoms with Gasteiger partial charge in [0.15, 0.2) is 0 Å². The zero-order valence-electron chi connectivity index (χ0n) is 15.0. The zero-order valence-corrected chi connectivity index (χ0v) is 15.0. The molecule has 25 heavy (non-hydrogen) atoms. The average molecular weight is 341 g/mol. The molecule has 0 aliphatic rings. The predicted molar refractivity (Wildman–Crippen MR) is 102 cm³/mol. The fourth-order valence-electron chi connectivity index (χ4n) is 2.78. The van der Waals surface area contributed by atoms with Gasteiger partial charge in [-0.05, 0) is 42.0 Å². The van der Waals surface area contributed by atoms with Crippen molar-refractivity contribution in [2.75, 3.05) is 12.3 Å². The summed E-state index contributed by atoms with van der Waals surface area (Å²) in [6.45, 7) is 4.79. The Morgan fingerprint density at radius 1 is 1.24 bits per heavy atom. The van der Waals surface area contributed by atoms with Crippen LogP contribution >= 0.6 is 0 Å². The third kappa shape index (κ3) is 5.24. The molecule has 2 aromatic rings. The van der Waals surface area contributed by atoms with Crippen molar-refractivity contribution in [1.82, 2.24) is 0 Å². The van der Waals surface area contributed by atoms with Crippen LogP contribution in [0.3, 0.4) is 0 Å². The van der Waals surface area contributed by atoms with Crippen LogP contribution in [0.2, 0.25) is 0 Å². The van der Waals surface area contributed by atoms with Crippen molar-refractivity contribution in [3.8, 4) is 16.9 Å². The Bertz CT molecular complexity index is 698. The van der Waals surface area contributed by atoms with Gasteiger partial charge >= 0.3 is 5.97 Å². The van der Waals surface area contributed by atoms with E-state index in [0.29, 0.717) is 24.5 Å². The van der Waals surface area contributed by atoms with E-state index >= 15 is 0 Å². The van der Waals surface area contributed by atoms with Crippen molar-refractivity contribution in [1.29, 1.82) is 0 Å². The lowest BCUT2D eigenvalue weighted by atomic mass is 9.91. The SMILES string of the molecule is CCCCOc1c(N)cc(C(C)CCC(=O)O)cc1-c1ccccc1. The predicted octanol–water partition coefficient (Wildman–Crippen LogP) is 5.08. The number of benzene rings is 2. The maximum absolute atomic E-state index is 10.8. The van der Waals surface area contributed by atoms with Crippen molar-refractivity contribution in [2.24, 2.45) is 0 Å². The molecule has 0 spiro atoms. The van der Waals surface area contributed by atoms with Crippen LogP contribution in [0.25, 0.3) is 11.1 Å². The van der Waals surface area contributed by atoms with E-state index in [2.05, 4.69) is 13.0 Å². The number of hydrogen-bond donors (Lipinski definition) is 2. The van der Waals surface area contributed by atoms with Gasteiger partial charge in [-0.25, -0.2) is 0 Å². The molecule has 0 heterocycles. The van der Waals surface area contributed by atoms with Gasteiger partial charge in [0.2, 0.25) is 0 Å². The normalized spacial score (nSPS) is 11.9. The first-order valence-electron chi connectivity index (χ1n) is 8.86. The molecule has 0 amide bonds. The standard InChI is InChI=1S/C21H27NO3/c1-3-4-12-25-21-18(16-8-6-5-7-9-16)13-17(14-19(21)22)15(2)10-11-20(23)24/h5-9,13-15H,3-4,10-12,22H2,1-2H3,(H,23,24). The minimum Gasteiger partial charge on any atom is -0.491 e. The summed E-state index contributed by atoms with van der Waals surface area (Å²) in [5.74, 6) is 0.0574. The van der Waals surface area contributed by atoms with Crippen LogP contribution in [0.5, 0.6) is 5.75 Å². The molecule has 4 heteroatoms. The highest BCUT2D eigenvalue weighted by Crippen LogP contribution is 2.39.